The summed E-state index contributed by atoms with van der Waals surface area (Å²) in [6.07, 6.45) is 3.51. The highest BCUT2D eigenvalue weighted by molar-refractivity contribution is 4.37. The van der Waals surface area contributed by atoms with E-state index in [9.17, 15) is 0 Å². The van der Waals surface area contributed by atoms with Crippen LogP contribution in [0.15, 0.2) is 5.11 Å². The largest absolute Gasteiger partial charge is 0.210 e. The van der Waals surface area contributed by atoms with Crippen molar-refractivity contribution in [2.75, 3.05) is 6.54 Å². The van der Waals surface area contributed by atoms with Gasteiger partial charge in [0.1, 0.15) is 0 Å². The Kier molecular flexibility index (Phi) is 5.28. The molecule has 0 rings (SSSR count). The molecule has 42 valence electrons. The number of nitrogens with one attached hydrogen (secondary N) is 1. The molecule has 7 heavy (non-hydrogen) atoms. The lowest BCUT2D eigenvalue weighted by Crippen LogP contribution is -1.76. The van der Waals surface area contributed by atoms with Crippen LogP contribution in [0.25, 0.3) is 0 Å². The fraction of sp³-hybridized carbons (Fsp3) is 1.00. The predicted octanol–water partition coefficient (Wildman–Crippen LogP) is 2.21. The second-order valence-electron chi connectivity index (χ2n) is 1.59. The Labute approximate surface area is 44.4 Å². The van der Waals surface area contributed by atoms with Gasteiger partial charge in [-0.3, -0.25) is 0 Å². The molecule has 0 radical (unpaired) electrons. The van der Waals surface area contributed by atoms with Crippen LogP contribution in [0, 0.1) is 5.53 Å². The van der Waals surface area contributed by atoms with Gasteiger partial charge in [0.15, 0.2) is 0 Å². The van der Waals surface area contributed by atoms with Crippen LogP contribution in [0.1, 0.15) is 26.2 Å². The first-order chi connectivity index (χ1) is 3.41. The van der Waals surface area contributed by atoms with Crippen LogP contribution >= 0.6 is 0 Å². The van der Waals surface area contributed by atoms with Crippen molar-refractivity contribution in [3.8, 4) is 0 Å². The van der Waals surface area contributed by atoms with Gasteiger partial charge < -0.3 is 0 Å². The molecule has 0 fully saturated rings. The molecule has 0 atom stereocenters. The quantitative estimate of drug-likeness (QED) is 0.415. The van der Waals surface area contributed by atoms with Crippen molar-refractivity contribution in [1.82, 2.24) is 0 Å². The minimum absolute atomic E-state index is 0.716. The molecule has 0 aliphatic rings. The van der Waals surface area contributed by atoms with Crippen LogP contribution in [-0.2, 0) is 0 Å². The highest BCUT2D eigenvalue weighted by Gasteiger charge is 1.79. The van der Waals surface area contributed by atoms with E-state index in [2.05, 4.69) is 12.0 Å². The van der Waals surface area contributed by atoms with Crippen LogP contribution < -0.4 is 0 Å². The number of nitrogens with zero attached hydrogens (tertiary/aromatic N) is 1. The van der Waals surface area contributed by atoms with E-state index in [1.165, 1.54) is 12.8 Å². The van der Waals surface area contributed by atoms with Gasteiger partial charge in [-0.15, -0.1) is 0 Å². The maximum atomic E-state index is 6.41. The Morgan fingerprint density at radius 1 is 1.43 bits per heavy atom. The summed E-state index contributed by atoms with van der Waals surface area (Å²) in [5.41, 5.74) is 6.41. The Balaban J connectivity index is 2.56. The van der Waals surface area contributed by atoms with E-state index in [1.807, 2.05) is 0 Å². The van der Waals surface area contributed by atoms with Gasteiger partial charge in [-0.2, -0.15) is 5.11 Å². The van der Waals surface area contributed by atoms with Crippen LogP contribution in [0.3, 0.4) is 0 Å². The Hall–Kier alpha value is -0.400. The van der Waals surface area contributed by atoms with E-state index in [-0.39, 0.29) is 0 Å². The van der Waals surface area contributed by atoms with Crippen LogP contribution in [0.2, 0.25) is 0 Å². The van der Waals surface area contributed by atoms with E-state index in [0.29, 0.717) is 6.54 Å². The van der Waals surface area contributed by atoms with E-state index >= 15 is 0 Å². The fourth-order valence-corrected chi connectivity index (χ4v) is 0.441. The van der Waals surface area contributed by atoms with E-state index < -0.39 is 0 Å². The fourth-order valence-electron chi connectivity index (χ4n) is 0.441. The monoisotopic (exact) mass is 100 g/mol. The molecule has 0 amide bonds. The average Bonchev–Trinajstić information content (AvgIpc) is 1.69. The first-order valence-corrected chi connectivity index (χ1v) is 2.75. The summed E-state index contributed by atoms with van der Waals surface area (Å²) in [6.45, 7) is 2.86. The van der Waals surface area contributed by atoms with Gasteiger partial charge in [-0.05, 0) is 6.42 Å². The zero-order valence-electron chi connectivity index (χ0n) is 4.78. The molecule has 0 aromatic heterocycles. The summed E-state index contributed by atoms with van der Waals surface area (Å²) in [4.78, 5) is 0. The van der Waals surface area contributed by atoms with E-state index in [0.717, 1.165) is 6.42 Å². The van der Waals surface area contributed by atoms with Gasteiger partial charge in [-0.25, -0.2) is 5.53 Å². The molecule has 0 bridgehead atoms. The molecule has 2 heteroatoms. The molecule has 0 saturated carbocycles. The van der Waals surface area contributed by atoms with Gasteiger partial charge in [0.05, 0.1) is 6.54 Å². The summed E-state index contributed by atoms with van der Waals surface area (Å²) >= 11 is 0. The molecular weight excluding hydrogens is 88.1 g/mol. The second kappa shape index (κ2) is 5.60. The van der Waals surface area contributed by atoms with Crippen LogP contribution in [-0.4, -0.2) is 6.54 Å². The van der Waals surface area contributed by atoms with Crippen molar-refractivity contribution >= 4 is 0 Å². The lowest BCUT2D eigenvalue weighted by Gasteiger charge is -1.86. The van der Waals surface area contributed by atoms with Gasteiger partial charge in [0, 0.05) is 0 Å². The van der Waals surface area contributed by atoms with Crippen LogP contribution in [0.4, 0.5) is 0 Å². The molecule has 0 saturated heterocycles. The van der Waals surface area contributed by atoms with Crippen molar-refractivity contribution in [1.29, 1.82) is 5.53 Å². The third-order valence-electron chi connectivity index (χ3n) is 0.873. The topological polar surface area (TPSA) is 36.2 Å². The summed E-state index contributed by atoms with van der Waals surface area (Å²) in [5, 5.41) is 3.22. The molecule has 0 aromatic rings. The molecule has 0 heterocycles. The molecule has 2 nitrogen and oxygen atoms in total. The number of rotatable bonds is 4. The molecule has 0 unspecified atom stereocenters. The molecular formula is C5H12N2. The smallest absolute Gasteiger partial charge is 0.0596 e. The Morgan fingerprint density at radius 3 is 2.57 bits per heavy atom. The molecule has 0 aliphatic heterocycles. The van der Waals surface area contributed by atoms with Crippen molar-refractivity contribution in [2.45, 2.75) is 26.2 Å². The second-order valence-corrected chi connectivity index (χ2v) is 1.59. The van der Waals surface area contributed by atoms with E-state index in [4.69, 9.17) is 5.53 Å². The van der Waals surface area contributed by atoms with E-state index in [1.54, 1.807) is 0 Å². The molecule has 0 aliphatic carbocycles. The third kappa shape index (κ3) is 5.60. The number of hydrogen-bond acceptors (Lipinski definition) is 2. The first kappa shape index (κ1) is 6.60. The van der Waals surface area contributed by atoms with Crippen molar-refractivity contribution < 1.29 is 0 Å². The number of hydrogen-bond donors (Lipinski definition) is 1. The Morgan fingerprint density at radius 2 is 2.14 bits per heavy atom. The zero-order chi connectivity index (χ0) is 5.54. The van der Waals surface area contributed by atoms with Crippen LogP contribution in [0.5, 0.6) is 0 Å². The third-order valence-corrected chi connectivity index (χ3v) is 0.873. The summed E-state index contributed by atoms with van der Waals surface area (Å²) in [7, 11) is 0. The first-order valence-electron chi connectivity index (χ1n) is 2.75. The minimum Gasteiger partial charge on any atom is -0.210 e. The summed E-state index contributed by atoms with van der Waals surface area (Å²) < 4.78 is 0. The SMILES string of the molecule is CCCCCN=N. The maximum absolute atomic E-state index is 6.41. The van der Waals surface area contributed by atoms with Crippen molar-refractivity contribution in [3.63, 3.8) is 0 Å². The lowest BCUT2D eigenvalue weighted by atomic mass is 10.3. The average molecular weight is 100 g/mol. The minimum atomic E-state index is 0.716. The Bertz CT molecular complexity index is 43.3. The van der Waals surface area contributed by atoms with Gasteiger partial charge >= 0.3 is 0 Å². The van der Waals surface area contributed by atoms with Gasteiger partial charge in [-0.1, -0.05) is 19.8 Å². The highest BCUT2D eigenvalue weighted by Crippen LogP contribution is 1.92. The predicted molar refractivity (Wildman–Crippen MR) is 29.5 cm³/mol. The summed E-state index contributed by atoms with van der Waals surface area (Å²) in [6, 6.07) is 0. The maximum Gasteiger partial charge on any atom is 0.0596 e. The van der Waals surface area contributed by atoms with Crippen molar-refractivity contribution in [2.24, 2.45) is 5.11 Å². The summed E-state index contributed by atoms with van der Waals surface area (Å²) in [5.74, 6) is 0. The zero-order valence-corrected chi connectivity index (χ0v) is 4.78. The number of unbranched alkanes of at least 4 members (excludes halogenated alkanes) is 2. The molecule has 0 aromatic carbocycles. The lowest BCUT2D eigenvalue weighted by molar-refractivity contribution is 0.703. The van der Waals surface area contributed by atoms with Gasteiger partial charge in [0.2, 0.25) is 0 Å². The normalized spacial score (nSPS) is 8.71. The standard InChI is InChI=1S/C5H12N2/c1-2-3-4-5-7-6/h6H,2-5H2,1H3. The molecule has 1 N–H and O–H groups in total. The van der Waals surface area contributed by atoms with Crippen molar-refractivity contribution in [3.05, 3.63) is 0 Å². The molecule has 0 spiro atoms. The highest BCUT2D eigenvalue weighted by atomic mass is 14.9. The van der Waals surface area contributed by atoms with Gasteiger partial charge in [0.25, 0.3) is 0 Å².